The quantitative estimate of drug-likeness (QED) is 0.434. The molecule has 1 aromatic rings. The van der Waals surface area contributed by atoms with E-state index in [4.69, 9.17) is 4.42 Å². The Bertz CT molecular complexity index is 339. The maximum absolute atomic E-state index is 11.0. The van der Waals surface area contributed by atoms with Gasteiger partial charge in [0.15, 0.2) is 12.0 Å². The first-order valence-corrected chi connectivity index (χ1v) is 7.37. The fourth-order valence-corrected chi connectivity index (χ4v) is 2.32. The predicted octanol–water partition coefficient (Wildman–Crippen LogP) is 4.95. The summed E-state index contributed by atoms with van der Waals surface area (Å²) in [6.45, 7) is 4.42. The van der Waals surface area contributed by atoms with Crippen LogP contribution in [0.3, 0.4) is 0 Å². The minimum atomic E-state index is 0.552. The highest BCUT2D eigenvalue weighted by Crippen LogP contribution is 2.21. The average Bonchev–Trinajstić information content (AvgIpc) is 2.77. The Morgan fingerprint density at radius 3 is 2.33 bits per heavy atom. The van der Waals surface area contributed by atoms with Crippen molar-refractivity contribution in [1.82, 2.24) is 0 Å². The van der Waals surface area contributed by atoms with E-state index in [1.807, 2.05) is 0 Å². The Kier molecular flexibility index (Phi) is 7.47. The van der Waals surface area contributed by atoms with Gasteiger partial charge in [-0.2, -0.15) is 0 Å². The number of carbonyl (C=O) groups excluding carboxylic acids is 1. The number of aldehydes is 1. The summed E-state index contributed by atoms with van der Waals surface area (Å²) in [5, 5.41) is 0. The first kappa shape index (κ1) is 15.0. The second kappa shape index (κ2) is 8.96. The first-order valence-electron chi connectivity index (χ1n) is 7.37. The van der Waals surface area contributed by atoms with Crippen molar-refractivity contribution in [3.8, 4) is 0 Å². The molecule has 0 spiro atoms. The van der Waals surface area contributed by atoms with Crippen LogP contribution in [0.5, 0.6) is 0 Å². The maximum Gasteiger partial charge on any atom is 0.185 e. The van der Waals surface area contributed by atoms with Crippen molar-refractivity contribution in [2.75, 3.05) is 0 Å². The molecule has 0 atom stereocenters. The molecule has 0 aliphatic carbocycles. The second-order valence-electron chi connectivity index (χ2n) is 4.99. The number of rotatable bonds is 10. The molecule has 1 rings (SSSR count). The van der Waals surface area contributed by atoms with E-state index >= 15 is 0 Å². The third-order valence-corrected chi connectivity index (χ3v) is 3.45. The molecule has 0 radical (unpaired) electrons. The molecule has 0 bridgehead atoms. The van der Waals surface area contributed by atoms with Gasteiger partial charge in [0, 0.05) is 5.56 Å². The number of aryl methyl sites for hydroxylation is 1. The fraction of sp³-hybridized carbons (Fsp3) is 0.688. The van der Waals surface area contributed by atoms with E-state index in [1.165, 1.54) is 44.1 Å². The van der Waals surface area contributed by atoms with Crippen LogP contribution in [0.2, 0.25) is 0 Å². The van der Waals surface area contributed by atoms with E-state index < -0.39 is 0 Å². The van der Waals surface area contributed by atoms with Gasteiger partial charge in [-0.05, 0) is 31.2 Å². The normalized spacial score (nSPS) is 10.8. The Morgan fingerprint density at radius 1 is 1.00 bits per heavy atom. The summed E-state index contributed by atoms with van der Waals surface area (Å²) in [4.78, 5) is 11.0. The van der Waals surface area contributed by atoms with Crippen molar-refractivity contribution in [2.45, 2.75) is 71.6 Å². The molecule has 0 N–H and O–H groups in total. The van der Waals surface area contributed by atoms with Gasteiger partial charge < -0.3 is 4.42 Å². The largest absolute Gasteiger partial charge is 0.461 e. The van der Waals surface area contributed by atoms with Crippen molar-refractivity contribution in [3.63, 3.8) is 0 Å². The van der Waals surface area contributed by atoms with Crippen molar-refractivity contribution in [1.29, 1.82) is 0 Å². The molecule has 0 fully saturated rings. The van der Waals surface area contributed by atoms with Crippen LogP contribution in [0.1, 0.15) is 80.5 Å². The number of furan rings is 1. The van der Waals surface area contributed by atoms with Crippen molar-refractivity contribution < 1.29 is 9.21 Å². The second-order valence-corrected chi connectivity index (χ2v) is 4.99. The lowest BCUT2D eigenvalue weighted by molar-refractivity contribution is 0.109. The number of hydrogen-bond donors (Lipinski definition) is 0. The summed E-state index contributed by atoms with van der Waals surface area (Å²) in [5.41, 5.74) is 2.42. The Hall–Kier alpha value is -1.05. The van der Waals surface area contributed by atoms with Gasteiger partial charge in [-0.15, -0.1) is 0 Å². The van der Waals surface area contributed by atoms with Crippen LogP contribution in [0.25, 0.3) is 0 Å². The molecule has 2 nitrogen and oxygen atoms in total. The summed E-state index contributed by atoms with van der Waals surface area (Å²) >= 11 is 0. The van der Waals surface area contributed by atoms with Gasteiger partial charge in [0.1, 0.15) is 0 Å². The van der Waals surface area contributed by atoms with E-state index in [0.717, 1.165) is 31.1 Å². The fourth-order valence-electron chi connectivity index (χ4n) is 2.32. The van der Waals surface area contributed by atoms with Crippen LogP contribution in [0.4, 0.5) is 0 Å². The highest BCUT2D eigenvalue weighted by molar-refractivity contribution is 5.73. The molecule has 0 amide bonds. The predicted molar refractivity (Wildman–Crippen MR) is 75.2 cm³/mol. The average molecular weight is 250 g/mol. The van der Waals surface area contributed by atoms with E-state index in [1.54, 1.807) is 6.26 Å². The Labute approximate surface area is 111 Å². The lowest BCUT2D eigenvalue weighted by Crippen LogP contribution is -1.95. The highest BCUT2D eigenvalue weighted by atomic mass is 16.3. The molecule has 0 aromatic carbocycles. The monoisotopic (exact) mass is 250 g/mol. The molecule has 1 heterocycles. The standard InChI is InChI=1S/C16H26O2/c1-3-5-7-9-10-14-13-18-16(12-17)15(14)11-8-6-4-2/h12-13H,3-11H2,1-2H3. The van der Waals surface area contributed by atoms with Crippen LogP contribution in [0, 0.1) is 0 Å². The van der Waals surface area contributed by atoms with E-state index in [2.05, 4.69) is 13.8 Å². The zero-order chi connectivity index (χ0) is 13.2. The third kappa shape index (κ3) is 4.67. The lowest BCUT2D eigenvalue weighted by Gasteiger charge is -2.03. The van der Waals surface area contributed by atoms with Crippen LogP contribution >= 0.6 is 0 Å². The van der Waals surface area contributed by atoms with Crippen LogP contribution < -0.4 is 0 Å². The third-order valence-electron chi connectivity index (χ3n) is 3.45. The van der Waals surface area contributed by atoms with Crippen molar-refractivity contribution in [2.24, 2.45) is 0 Å². The molecule has 1 aromatic heterocycles. The molecule has 18 heavy (non-hydrogen) atoms. The van der Waals surface area contributed by atoms with E-state index in [9.17, 15) is 4.79 Å². The molecule has 0 unspecified atom stereocenters. The van der Waals surface area contributed by atoms with Gasteiger partial charge in [-0.3, -0.25) is 4.79 Å². The SMILES string of the molecule is CCCCCCc1coc(C=O)c1CCCCC. The summed E-state index contributed by atoms with van der Waals surface area (Å²) in [7, 11) is 0. The van der Waals surface area contributed by atoms with Gasteiger partial charge in [0.2, 0.25) is 0 Å². The molecular weight excluding hydrogens is 224 g/mol. The Morgan fingerprint density at radius 2 is 1.67 bits per heavy atom. The molecule has 0 saturated heterocycles. The minimum absolute atomic E-state index is 0.552. The molecule has 0 aliphatic heterocycles. The van der Waals surface area contributed by atoms with Gasteiger partial charge in [-0.25, -0.2) is 0 Å². The van der Waals surface area contributed by atoms with Crippen LogP contribution in [-0.2, 0) is 12.8 Å². The van der Waals surface area contributed by atoms with Gasteiger partial charge in [-0.1, -0.05) is 46.0 Å². The number of unbranched alkanes of at least 4 members (excludes halogenated alkanes) is 5. The van der Waals surface area contributed by atoms with Gasteiger partial charge >= 0.3 is 0 Å². The van der Waals surface area contributed by atoms with E-state index in [-0.39, 0.29) is 0 Å². The molecular formula is C16H26O2. The summed E-state index contributed by atoms with van der Waals surface area (Å²) in [6.07, 6.45) is 13.3. The highest BCUT2D eigenvalue weighted by Gasteiger charge is 2.12. The van der Waals surface area contributed by atoms with Crippen molar-refractivity contribution >= 4 is 6.29 Å². The summed E-state index contributed by atoms with van der Waals surface area (Å²) < 4.78 is 5.36. The molecule has 0 aliphatic rings. The lowest BCUT2D eigenvalue weighted by atomic mass is 9.99. The zero-order valence-corrected chi connectivity index (χ0v) is 11.8. The zero-order valence-electron chi connectivity index (χ0n) is 11.8. The maximum atomic E-state index is 11.0. The topological polar surface area (TPSA) is 30.2 Å². The van der Waals surface area contributed by atoms with Crippen LogP contribution in [0.15, 0.2) is 10.7 Å². The van der Waals surface area contributed by atoms with Crippen molar-refractivity contribution in [3.05, 3.63) is 23.2 Å². The number of carbonyl (C=O) groups is 1. The number of hydrogen-bond acceptors (Lipinski definition) is 2. The van der Waals surface area contributed by atoms with Gasteiger partial charge in [0.05, 0.1) is 6.26 Å². The van der Waals surface area contributed by atoms with E-state index in [0.29, 0.717) is 5.76 Å². The smallest absolute Gasteiger partial charge is 0.185 e. The minimum Gasteiger partial charge on any atom is -0.461 e. The van der Waals surface area contributed by atoms with Gasteiger partial charge in [0.25, 0.3) is 0 Å². The van der Waals surface area contributed by atoms with Crippen LogP contribution in [-0.4, -0.2) is 6.29 Å². The summed E-state index contributed by atoms with van der Waals surface area (Å²) in [5.74, 6) is 0.552. The molecule has 2 heteroatoms. The molecule has 102 valence electrons. The molecule has 0 saturated carbocycles. The Balaban J connectivity index is 2.54. The first-order chi connectivity index (χ1) is 8.83. The summed E-state index contributed by atoms with van der Waals surface area (Å²) in [6, 6.07) is 0.